The molecule has 1 N–H and O–H groups in total. The van der Waals surface area contributed by atoms with Crippen LogP contribution in [-0.4, -0.2) is 53.6 Å². The summed E-state index contributed by atoms with van der Waals surface area (Å²) in [5.41, 5.74) is 4.86. The Labute approximate surface area is 231 Å². The van der Waals surface area contributed by atoms with Crippen LogP contribution in [0.4, 0.5) is 10.2 Å². The lowest BCUT2D eigenvalue weighted by Crippen LogP contribution is -2.35. The molecule has 1 atom stereocenters. The molecule has 2 aromatic heterocycles. The minimum absolute atomic E-state index is 0.0191. The average Bonchev–Trinajstić information content (AvgIpc) is 3.45. The second-order valence-corrected chi connectivity index (χ2v) is 10.4. The molecule has 0 saturated carbocycles. The number of methoxy groups -OCH3 is 1. The van der Waals surface area contributed by atoms with E-state index >= 15 is 0 Å². The molecule has 6 rings (SSSR count). The van der Waals surface area contributed by atoms with Gasteiger partial charge in [0.2, 0.25) is 11.8 Å². The van der Waals surface area contributed by atoms with Crippen LogP contribution in [0.2, 0.25) is 0 Å². The van der Waals surface area contributed by atoms with Crippen molar-refractivity contribution in [1.82, 2.24) is 14.9 Å². The second kappa shape index (κ2) is 10.7. The molecule has 8 nitrogen and oxygen atoms in total. The lowest BCUT2D eigenvalue weighted by molar-refractivity contribution is -0.137. The number of fused-ring (bicyclic) bond motifs is 4. The van der Waals surface area contributed by atoms with Gasteiger partial charge in [-0.15, -0.1) is 0 Å². The Hall–Kier alpha value is -4.21. The fourth-order valence-corrected chi connectivity index (χ4v) is 5.73. The SMILES string of the molecule is COCCOCC(=O)N(Cc1cccc(F)c1)Cc1cnc2cc3c(cc2c1)C[C@@]1(C3)C(=O)Nc2ncccc21. The first-order chi connectivity index (χ1) is 19.4. The molecule has 0 saturated heterocycles. The molecule has 1 aliphatic heterocycles. The number of halogens is 1. The van der Waals surface area contributed by atoms with Gasteiger partial charge in [0.05, 0.1) is 24.1 Å². The van der Waals surface area contributed by atoms with E-state index in [1.807, 2.05) is 18.2 Å². The zero-order valence-corrected chi connectivity index (χ0v) is 22.2. The van der Waals surface area contributed by atoms with Gasteiger partial charge in [0, 0.05) is 43.5 Å². The second-order valence-electron chi connectivity index (χ2n) is 10.4. The molecular weight excluding hydrogens is 511 g/mol. The zero-order valence-electron chi connectivity index (χ0n) is 22.2. The standard InChI is InChI=1S/C31H29FN4O4/c1-39-8-9-40-19-28(37)36(17-20-4-2-5-25(32)11-20)18-21-10-22-12-23-14-31(15-24(23)13-27(22)34-16-21)26-6-3-7-33-29(26)35-30(31)38/h2-7,10-13,16H,8-9,14-15,17-19H2,1H3,(H,33,35,38)/t31-/m0/s1. The number of nitrogens with one attached hydrogen (secondary N) is 1. The van der Waals surface area contributed by atoms with Crippen molar-refractivity contribution in [3.63, 3.8) is 0 Å². The van der Waals surface area contributed by atoms with Gasteiger partial charge in [-0.1, -0.05) is 18.2 Å². The Bertz CT molecular complexity index is 1610. The monoisotopic (exact) mass is 540 g/mol. The van der Waals surface area contributed by atoms with Gasteiger partial charge in [-0.3, -0.25) is 14.6 Å². The van der Waals surface area contributed by atoms with Gasteiger partial charge in [0.25, 0.3) is 0 Å². The first-order valence-corrected chi connectivity index (χ1v) is 13.2. The van der Waals surface area contributed by atoms with Crippen LogP contribution >= 0.6 is 0 Å². The number of benzene rings is 2. The molecule has 0 bridgehead atoms. The smallest absolute Gasteiger partial charge is 0.249 e. The molecule has 0 fully saturated rings. The van der Waals surface area contributed by atoms with E-state index < -0.39 is 5.41 Å². The number of hydrogen-bond donors (Lipinski definition) is 1. The maximum absolute atomic E-state index is 13.9. The lowest BCUT2D eigenvalue weighted by atomic mass is 9.79. The van der Waals surface area contributed by atoms with E-state index in [9.17, 15) is 14.0 Å². The summed E-state index contributed by atoms with van der Waals surface area (Å²) in [6.45, 7) is 1.11. The van der Waals surface area contributed by atoms with Crippen molar-refractivity contribution < 1.29 is 23.5 Å². The normalized spacial score (nSPS) is 17.2. The fourth-order valence-electron chi connectivity index (χ4n) is 5.73. The van der Waals surface area contributed by atoms with Crippen molar-refractivity contribution >= 4 is 28.5 Å². The summed E-state index contributed by atoms with van der Waals surface area (Å²) < 4.78 is 24.3. The van der Waals surface area contributed by atoms with Crippen molar-refractivity contribution in [3.8, 4) is 0 Å². The molecule has 2 amide bonds. The number of aromatic nitrogens is 2. The minimum Gasteiger partial charge on any atom is -0.382 e. The van der Waals surface area contributed by atoms with Gasteiger partial charge >= 0.3 is 0 Å². The van der Waals surface area contributed by atoms with Crippen molar-refractivity contribution in [2.75, 3.05) is 32.2 Å². The summed E-state index contributed by atoms with van der Waals surface area (Å²) in [5, 5.41) is 3.89. The maximum Gasteiger partial charge on any atom is 0.249 e. The van der Waals surface area contributed by atoms with Crippen molar-refractivity contribution in [3.05, 3.63) is 101 Å². The molecule has 1 aliphatic carbocycles. The Morgan fingerprint density at radius 2 is 1.85 bits per heavy atom. The van der Waals surface area contributed by atoms with Gasteiger partial charge < -0.3 is 19.7 Å². The number of nitrogens with zero attached hydrogens (tertiary/aromatic N) is 3. The predicted octanol–water partition coefficient (Wildman–Crippen LogP) is 3.95. The molecule has 0 unspecified atom stereocenters. The molecule has 9 heteroatoms. The molecular formula is C31H29FN4O4. The van der Waals surface area contributed by atoms with Crippen LogP contribution in [-0.2, 0) is 50.4 Å². The van der Waals surface area contributed by atoms with E-state index in [1.54, 1.807) is 36.5 Å². The molecule has 0 radical (unpaired) electrons. The van der Waals surface area contributed by atoms with Gasteiger partial charge in [0.15, 0.2) is 0 Å². The Morgan fingerprint density at radius 1 is 1.02 bits per heavy atom. The van der Waals surface area contributed by atoms with E-state index in [4.69, 9.17) is 14.5 Å². The van der Waals surface area contributed by atoms with E-state index in [0.29, 0.717) is 37.4 Å². The minimum atomic E-state index is -0.650. The van der Waals surface area contributed by atoms with E-state index in [1.165, 1.54) is 12.1 Å². The number of carbonyl (C=O) groups excluding carboxylic acids is 2. The highest BCUT2D eigenvalue weighted by Crippen LogP contribution is 2.47. The Kier molecular flexibility index (Phi) is 7.00. The van der Waals surface area contributed by atoms with Crippen LogP contribution in [0, 0.1) is 5.82 Å². The lowest BCUT2D eigenvalue weighted by Gasteiger charge is -2.23. The summed E-state index contributed by atoms with van der Waals surface area (Å²) in [7, 11) is 1.57. The number of pyridine rings is 2. The van der Waals surface area contributed by atoms with Crippen LogP contribution in [0.15, 0.2) is 67.0 Å². The van der Waals surface area contributed by atoms with Gasteiger partial charge in [-0.25, -0.2) is 9.37 Å². The first kappa shape index (κ1) is 26.0. The highest BCUT2D eigenvalue weighted by molar-refractivity contribution is 6.06. The van der Waals surface area contributed by atoms with Crippen LogP contribution in [0.1, 0.15) is 27.8 Å². The molecule has 2 aromatic carbocycles. The molecule has 3 heterocycles. The molecule has 204 valence electrons. The third-order valence-electron chi connectivity index (χ3n) is 7.68. The largest absolute Gasteiger partial charge is 0.382 e. The number of carbonyl (C=O) groups is 2. The fraction of sp³-hybridized carbons (Fsp3) is 0.290. The molecule has 2 aliphatic rings. The van der Waals surface area contributed by atoms with Gasteiger partial charge in [-0.05, 0) is 71.5 Å². The third kappa shape index (κ3) is 4.94. The summed E-state index contributed by atoms with van der Waals surface area (Å²) in [6, 6.07) is 16.3. The number of anilines is 1. The molecule has 1 spiro atoms. The Morgan fingerprint density at radius 3 is 2.67 bits per heavy atom. The summed E-state index contributed by atoms with van der Waals surface area (Å²) in [4.78, 5) is 36.9. The maximum atomic E-state index is 13.9. The third-order valence-corrected chi connectivity index (χ3v) is 7.68. The number of amides is 2. The van der Waals surface area contributed by atoms with E-state index in [2.05, 4.69) is 22.4 Å². The van der Waals surface area contributed by atoms with Crippen LogP contribution in [0.3, 0.4) is 0 Å². The average molecular weight is 541 g/mol. The highest BCUT2D eigenvalue weighted by atomic mass is 19.1. The van der Waals surface area contributed by atoms with Crippen molar-refractivity contribution in [2.24, 2.45) is 0 Å². The van der Waals surface area contributed by atoms with Crippen LogP contribution < -0.4 is 5.32 Å². The van der Waals surface area contributed by atoms with Crippen molar-refractivity contribution in [1.29, 1.82) is 0 Å². The van der Waals surface area contributed by atoms with Gasteiger partial charge in [0.1, 0.15) is 18.2 Å². The van der Waals surface area contributed by atoms with Crippen LogP contribution in [0.5, 0.6) is 0 Å². The van der Waals surface area contributed by atoms with Crippen molar-refractivity contribution in [2.45, 2.75) is 31.3 Å². The van der Waals surface area contributed by atoms with Gasteiger partial charge in [-0.2, -0.15) is 0 Å². The van der Waals surface area contributed by atoms with E-state index in [-0.39, 0.29) is 37.3 Å². The molecule has 40 heavy (non-hydrogen) atoms. The van der Waals surface area contributed by atoms with Crippen LogP contribution in [0.25, 0.3) is 10.9 Å². The quantitative estimate of drug-likeness (QED) is 0.323. The predicted molar refractivity (Wildman–Crippen MR) is 147 cm³/mol. The number of ether oxygens (including phenoxy) is 2. The summed E-state index contributed by atoms with van der Waals surface area (Å²) in [6.07, 6.45) is 4.65. The number of rotatable bonds is 9. The summed E-state index contributed by atoms with van der Waals surface area (Å²) in [5.74, 6) is 0.0549. The highest BCUT2D eigenvalue weighted by Gasteiger charge is 2.51. The summed E-state index contributed by atoms with van der Waals surface area (Å²) >= 11 is 0. The topological polar surface area (TPSA) is 93.7 Å². The molecule has 4 aromatic rings. The van der Waals surface area contributed by atoms with E-state index in [0.717, 1.165) is 33.2 Å². The Balaban J connectivity index is 1.25. The first-order valence-electron chi connectivity index (χ1n) is 13.2. The zero-order chi connectivity index (χ0) is 27.7. The number of hydrogen-bond acceptors (Lipinski definition) is 6.